The quantitative estimate of drug-likeness (QED) is 0.551. The van der Waals surface area contributed by atoms with Crippen LogP contribution in [0.15, 0.2) is 48.5 Å². The molecule has 0 aliphatic carbocycles. The van der Waals surface area contributed by atoms with Crippen molar-refractivity contribution >= 4 is 11.5 Å². The fourth-order valence-corrected chi connectivity index (χ4v) is 5.06. The number of anilines is 1. The summed E-state index contributed by atoms with van der Waals surface area (Å²) in [4.78, 5) is 17.9. The number of piperidine rings is 1. The van der Waals surface area contributed by atoms with Crippen LogP contribution in [0.3, 0.4) is 0 Å². The van der Waals surface area contributed by atoms with Gasteiger partial charge in [-0.05, 0) is 81.6 Å². The summed E-state index contributed by atoms with van der Waals surface area (Å²) in [5, 5.41) is 0. The van der Waals surface area contributed by atoms with E-state index in [1.165, 1.54) is 42.5 Å². The molecule has 0 spiro atoms. The van der Waals surface area contributed by atoms with Gasteiger partial charge < -0.3 is 4.90 Å². The Morgan fingerprint density at radius 1 is 1.00 bits per heavy atom. The summed E-state index contributed by atoms with van der Waals surface area (Å²) in [5.41, 5.74) is 5.03. The molecule has 160 valence electrons. The van der Waals surface area contributed by atoms with Gasteiger partial charge in [0.15, 0.2) is 5.78 Å². The lowest BCUT2D eigenvalue weighted by Crippen LogP contribution is -2.33. The van der Waals surface area contributed by atoms with Gasteiger partial charge in [-0.1, -0.05) is 42.5 Å². The van der Waals surface area contributed by atoms with Crippen molar-refractivity contribution in [2.75, 3.05) is 31.1 Å². The summed E-state index contributed by atoms with van der Waals surface area (Å²) < 4.78 is 0. The highest BCUT2D eigenvalue weighted by Gasteiger charge is 2.21. The molecule has 0 N–H and O–H groups in total. The number of benzene rings is 2. The van der Waals surface area contributed by atoms with Crippen LogP contribution in [-0.4, -0.2) is 36.9 Å². The third-order valence-corrected chi connectivity index (χ3v) is 6.99. The molecule has 3 nitrogen and oxygen atoms in total. The molecule has 30 heavy (non-hydrogen) atoms. The molecule has 0 radical (unpaired) electrons. The lowest BCUT2D eigenvalue weighted by atomic mass is 9.90. The van der Waals surface area contributed by atoms with Crippen molar-refractivity contribution in [2.45, 2.75) is 58.4 Å². The van der Waals surface area contributed by atoms with Gasteiger partial charge in [0.05, 0.1) is 0 Å². The number of Topliss-reactive ketones (excluding diaryl/α,β-unsaturated/α-hetero) is 1. The third kappa shape index (κ3) is 5.31. The van der Waals surface area contributed by atoms with E-state index in [-0.39, 0.29) is 0 Å². The first-order chi connectivity index (χ1) is 14.7. The molecular formula is C27H36N2O. The number of nitrogens with zero attached hydrogens (tertiary/aromatic N) is 2. The molecule has 1 saturated heterocycles. The topological polar surface area (TPSA) is 23.6 Å². The minimum absolute atomic E-state index is 0.324. The van der Waals surface area contributed by atoms with E-state index in [0.29, 0.717) is 18.1 Å². The van der Waals surface area contributed by atoms with Crippen LogP contribution in [0, 0.1) is 5.92 Å². The maximum atomic E-state index is 12.9. The average Bonchev–Trinajstić information content (AvgIpc) is 3.00. The van der Waals surface area contributed by atoms with Crippen molar-refractivity contribution in [3.8, 4) is 0 Å². The van der Waals surface area contributed by atoms with Gasteiger partial charge in [0, 0.05) is 37.3 Å². The van der Waals surface area contributed by atoms with Gasteiger partial charge in [-0.3, -0.25) is 9.69 Å². The zero-order chi connectivity index (χ0) is 20.8. The Kier molecular flexibility index (Phi) is 7.22. The monoisotopic (exact) mass is 404 g/mol. The van der Waals surface area contributed by atoms with Gasteiger partial charge in [-0.25, -0.2) is 0 Å². The molecule has 0 bridgehead atoms. The number of fused-ring (bicyclic) bond motifs is 1. The third-order valence-electron chi connectivity index (χ3n) is 6.99. The predicted molar refractivity (Wildman–Crippen MR) is 125 cm³/mol. The lowest BCUT2D eigenvalue weighted by molar-refractivity contribution is 0.0961. The molecule has 2 aromatic rings. The minimum Gasteiger partial charge on any atom is -0.372 e. The van der Waals surface area contributed by atoms with E-state index in [4.69, 9.17) is 0 Å². The van der Waals surface area contributed by atoms with Crippen LogP contribution in [0.1, 0.15) is 66.9 Å². The lowest BCUT2D eigenvalue weighted by Gasteiger charge is -2.32. The van der Waals surface area contributed by atoms with Crippen molar-refractivity contribution in [1.29, 1.82) is 0 Å². The molecular weight excluding hydrogens is 368 g/mol. The molecule has 3 heteroatoms. The van der Waals surface area contributed by atoms with Gasteiger partial charge >= 0.3 is 0 Å². The van der Waals surface area contributed by atoms with E-state index >= 15 is 0 Å². The second kappa shape index (κ2) is 10.3. The van der Waals surface area contributed by atoms with E-state index < -0.39 is 0 Å². The summed E-state index contributed by atoms with van der Waals surface area (Å²) in [6, 6.07) is 17.2. The van der Waals surface area contributed by atoms with Gasteiger partial charge in [-0.2, -0.15) is 0 Å². The molecule has 2 heterocycles. The molecule has 0 atom stereocenters. The first-order valence-corrected chi connectivity index (χ1v) is 11.9. The predicted octanol–water partition coefficient (Wildman–Crippen LogP) is 5.72. The first-order valence-electron chi connectivity index (χ1n) is 11.9. The number of carbonyl (C=O) groups excluding carboxylic acids is 1. The summed E-state index contributed by atoms with van der Waals surface area (Å²) in [7, 11) is 0. The highest BCUT2D eigenvalue weighted by molar-refractivity contribution is 5.97. The molecule has 0 unspecified atom stereocenters. The van der Waals surface area contributed by atoms with Crippen molar-refractivity contribution < 1.29 is 4.79 Å². The fourth-order valence-electron chi connectivity index (χ4n) is 5.06. The van der Waals surface area contributed by atoms with Crippen molar-refractivity contribution in [3.05, 3.63) is 65.2 Å². The second-order valence-electron chi connectivity index (χ2n) is 9.05. The minimum atomic E-state index is 0.324. The van der Waals surface area contributed by atoms with Crippen LogP contribution >= 0.6 is 0 Å². The number of hydrogen-bond acceptors (Lipinski definition) is 3. The van der Waals surface area contributed by atoms with Crippen molar-refractivity contribution in [1.82, 2.24) is 4.90 Å². The fraction of sp³-hybridized carbons (Fsp3) is 0.519. The first kappa shape index (κ1) is 21.1. The van der Waals surface area contributed by atoms with Crippen LogP contribution in [0.25, 0.3) is 0 Å². The van der Waals surface area contributed by atoms with Crippen LogP contribution in [0.4, 0.5) is 5.69 Å². The molecule has 1 fully saturated rings. The number of ketones is 1. The SMILES string of the molecule is CCN1CCCCc2ccc(C(=O)CCC3CCN(Cc4ccccc4)CC3)cc21. The normalized spacial score (nSPS) is 18.1. The zero-order valence-electron chi connectivity index (χ0n) is 18.5. The highest BCUT2D eigenvalue weighted by atomic mass is 16.1. The number of likely N-dealkylation sites (tertiary alicyclic amines) is 1. The van der Waals surface area contributed by atoms with Crippen LogP contribution in [-0.2, 0) is 13.0 Å². The Bertz CT molecular complexity index is 824. The van der Waals surface area contributed by atoms with Gasteiger partial charge in [0.25, 0.3) is 0 Å². The van der Waals surface area contributed by atoms with E-state index in [1.807, 2.05) is 0 Å². The Hall–Kier alpha value is -2.13. The molecule has 0 amide bonds. The second-order valence-corrected chi connectivity index (χ2v) is 9.05. The number of rotatable bonds is 7. The van der Waals surface area contributed by atoms with Crippen molar-refractivity contribution in [3.63, 3.8) is 0 Å². The average molecular weight is 405 g/mol. The van der Waals surface area contributed by atoms with E-state index in [1.54, 1.807) is 0 Å². The number of hydrogen-bond donors (Lipinski definition) is 0. The Morgan fingerprint density at radius 2 is 1.80 bits per heavy atom. The van der Waals surface area contributed by atoms with E-state index in [0.717, 1.165) is 51.1 Å². The summed E-state index contributed by atoms with van der Waals surface area (Å²) in [5.74, 6) is 1.01. The Balaban J connectivity index is 1.28. The summed E-state index contributed by atoms with van der Waals surface area (Å²) >= 11 is 0. The molecule has 0 aromatic heterocycles. The van der Waals surface area contributed by atoms with Gasteiger partial charge in [-0.15, -0.1) is 0 Å². The molecule has 2 aliphatic rings. The van der Waals surface area contributed by atoms with Crippen LogP contribution in [0.2, 0.25) is 0 Å². The maximum absolute atomic E-state index is 12.9. The highest BCUT2D eigenvalue weighted by Crippen LogP contribution is 2.29. The van der Waals surface area contributed by atoms with E-state index in [9.17, 15) is 4.79 Å². The van der Waals surface area contributed by atoms with Crippen LogP contribution < -0.4 is 4.90 Å². The molecule has 2 aromatic carbocycles. The number of carbonyl (C=O) groups is 1. The molecule has 4 rings (SSSR count). The standard InChI is InChI=1S/C27H36N2O/c1-2-29-17-7-6-10-24-12-13-25(20-26(24)29)27(30)14-11-22-15-18-28(19-16-22)21-23-8-4-3-5-9-23/h3-5,8-9,12-13,20,22H,2,6-7,10-11,14-19,21H2,1H3. The Morgan fingerprint density at radius 3 is 2.57 bits per heavy atom. The molecule has 0 saturated carbocycles. The smallest absolute Gasteiger partial charge is 0.162 e. The largest absolute Gasteiger partial charge is 0.372 e. The summed E-state index contributed by atoms with van der Waals surface area (Å²) in [6.45, 7) is 7.70. The van der Waals surface area contributed by atoms with E-state index in [2.05, 4.69) is 65.3 Å². The number of aryl methyl sites for hydroxylation is 1. The molecule has 2 aliphatic heterocycles. The van der Waals surface area contributed by atoms with Crippen molar-refractivity contribution in [2.24, 2.45) is 5.92 Å². The maximum Gasteiger partial charge on any atom is 0.162 e. The zero-order valence-corrected chi connectivity index (χ0v) is 18.5. The summed E-state index contributed by atoms with van der Waals surface area (Å²) in [6.07, 6.45) is 7.79. The van der Waals surface area contributed by atoms with Gasteiger partial charge in [0.2, 0.25) is 0 Å². The Labute approximate surface area is 182 Å². The van der Waals surface area contributed by atoms with Crippen LogP contribution in [0.5, 0.6) is 0 Å². The van der Waals surface area contributed by atoms with Gasteiger partial charge in [0.1, 0.15) is 0 Å².